The van der Waals surface area contributed by atoms with Crippen LogP contribution in [0.4, 0.5) is 0 Å². The summed E-state index contributed by atoms with van der Waals surface area (Å²) >= 11 is 0. The van der Waals surface area contributed by atoms with Crippen molar-refractivity contribution < 1.29 is 47.6 Å². The van der Waals surface area contributed by atoms with Crippen molar-refractivity contribution in [1.82, 2.24) is 9.80 Å². The Labute approximate surface area is 291 Å². The van der Waals surface area contributed by atoms with Gasteiger partial charge in [-0.2, -0.15) is 0 Å². The third kappa shape index (κ3) is 10.7. The van der Waals surface area contributed by atoms with Crippen LogP contribution in [0.15, 0.2) is 42.5 Å². The predicted molar refractivity (Wildman–Crippen MR) is 183 cm³/mol. The summed E-state index contributed by atoms with van der Waals surface area (Å²) in [7, 11) is 7.27. The molecule has 0 radical (unpaired) electrons. The zero-order chi connectivity index (χ0) is 36.5. The van der Waals surface area contributed by atoms with E-state index in [4.69, 9.17) is 28.4 Å². The van der Waals surface area contributed by atoms with Crippen LogP contribution in [0.2, 0.25) is 0 Å². The molecule has 6 unspecified atom stereocenters. The number of benzene rings is 1. The van der Waals surface area contributed by atoms with Crippen molar-refractivity contribution in [1.29, 1.82) is 0 Å². The first-order valence-electron chi connectivity index (χ1n) is 17.2. The van der Waals surface area contributed by atoms with Gasteiger partial charge in [0.15, 0.2) is 18.2 Å². The van der Waals surface area contributed by atoms with Crippen LogP contribution in [0, 0.1) is 17.8 Å². The number of ketones is 1. The van der Waals surface area contributed by atoms with E-state index in [9.17, 15) is 19.2 Å². The molecule has 2 saturated heterocycles. The summed E-state index contributed by atoms with van der Waals surface area (Å²) in [6.45, 7) is 11.6. The summed E-state index contributed by atoms with van der Waals surface area (Å²) in [6, 6.07) is 8.02. The average Bonchev–Trinajstić information content (AvgIpc) is 3.06. The minimum absolute atomic E-state index is 0.0110. The highest BCUT2D eigenvalue weighted by Gasteiger charge is 2.50. The van der Waals surface area contributed by atoms with Gasteiger partial charge in [0, 0.05) is 25.6 Å². The second-order valence-electron chi connectivity index (χ2n) is 13.9. The lowest BCUT2D eigenvalue weighted by atomic mass is 9.78. The summed E-state index contributed by atoms with van der Waals surface area (Å²) in [5.41, 5.74) is -0.653. The summed E-state index contributed by atoms with van der Waals surface area (Å²) in [6.07, 6.45) is 0.961. The van der Waals surface area contributed by atoms with Crippen molar-refractivity contribution >= 4 is 23.7 Å². The number of Topliss-reactive ketones (excluding diaryl/α,β-unsaturated/α-hetero) is 1. The molecule has 49 heavy (non-hydrogen) atoms. The molecule has 2 fully saturated rings. The standard InChI is InChI=1S/C37H56N2O10/c1-11-45-30(40)18-17-28-22-46-34(42)26(5)31(41)25(4)33(37(6,44-10)20-23(2)21-39(28)9)49-36-32(29(38(7)8)19-24(3)47-36)48-35(43)27-15-13-12-14-16-27/h12-18,23-26,28-29,32-33,36H,11,19-22H2,1-10H3/b18-17+/t23-,24?,25+,26?,28?,29?,32?,33-,36?,37-/m1/s1. The average molecular weight is 689 g/mol. The quantitative estimate of drug-likeness (QED) is 0.161. The van der Waals surface area contributed by atoms with Gasteiger partial charge in [0.2, 0.25) is 0 Å². The van der Waals surface area contributed by atoms with Crippen LogP contribution in [0.5, 0.6) is 0 Å². The van der Waals surface area contributed by atoms with Crippen LogP contribution in [-0.2, 0) is 42.8 Å². The second kappa shape index (κ2) is 18.2. The Morgan fingerprint density at radius 2 is 1.78 bits per heavy atom. The van der Waals surface area contributed by atoms with Crippen LogP contribution in [0.1, 0.15) is 64.7 Å². The van der Waals surface area contributed by atoms with E-state index in [2.05, 4.69) is 6.92 Å². The largest absolute Gasteiger partial charge is 0.463 e. The Morgan fingerprint density at radius 3 is 2.39 bits per heavy atom. The van der Waals surface area contributed by atoms with Gasteiger partial charge >= 0.3 is 17.9 Å². The summed E-state index contributed by atoms with van der Waals surface area (Å²) < 4.78 is 36.2. The van der Waals surface area contributed by atoms with Crippen molar-refractivity contribution in [2.45, 2.75) is 96.7 Å². The lowest BCUT2D eigenvalue weighted by Crippen LogP contribution is -2.60. The Balaban J connectivity index is 2.02. The van der Waals surface area contributed by atoms with Gasteiger partial charge in [0.1, 0.15) is 12.5 Å². The van der Waals surface area contributed by atoms with Gasteiger partial charge in [-0.1, -0.05) is 38.1 Å². The first-order chi connectivity index (χ1) is 23.1. The summed E-state index contributed by atoms with van der Waals surface area (Å²) in [4.78, 5) is 56.8. The number of ether oxygens (including phenoxy) is 6. The number of methoxy groups -OCH3 is 1. The fraction of sp³-hybridized carbons (Fsp3) is 0.676. The third-order valence-electron chi connectivity index (χ3n) is 9.59. The number of hydrogen-bond acceptors (Lipinski definition) is 12. The number of esters is 3. The van der Waals surface area contributed by atoms with Gasteiger partial charge in [0.05, 0.1) is 42.1 Å². The normalized spacial score (nSPS) is 34.1. The maximum atomic E-state index is 14.1. The van der Waals surface area contributed by atoms with Gasteiger partial charge in [-0.15, -0.1) is 0 Å². The summed E-state index contributed by atoms with van der Waals surface area (Å²) in [5, 5.41) is 0. The molecule has 12 nitrogen and oxygen atoms in total. The SMILES string of the molecule is CCOC(=O)/C=C/C1COC(=O)C(C)C(=O)[C@H](C)[C@@H](OC2OC(C)CC(N(C)C)C2OC(=O)c2ccccc2)[C@](C)(OC)C[C@@H](C)CN1C. The Bertz CT molecular complexity index is 1290. The highest BCUT2D eigenvalue weighted by atomic mass is 16.7. The fourth-order valence-corrected chi connectivity index (χ4v) is 6.83. The van der Waals surface area contributed by atoms with Gasteiger partial charge < -0.3 is 33.3 Å². The molecule has 2 heterocycles. The van der Waals surface area contributed by atoms with Gasteiger partial charge in [-0.05, 0) is 79.7 Å². The second-order valence-corrected chi connectivity index (χ2v) is 13.9. The van der Waals surface area contributed by atoms with E-state index >= 15 is 0 Å². The van der Waals surface area contributed by atoms with Crippen LogP contribution in [0.25, 0.3) is 0 Å². The number of nitrogens with zero attached hydrogens (tertiary/aromatic N) is 2. The minimum atomic E-state index is -1.12. The molecule has 0 saturated carbocycles. The highest BCUT2D eigenvalue weighted by molar-refractivity contribution is 6.00. The molecule has 0 N–H and O–H groups in total. The predicted octanol–water partition coefficient (Wildman–Crippen LogP) is 3.91. The maximum Gasteiger partial charge on any atom is 0.338 e. The Morgan fingerprint density at radius 1 is 1.10 bits per heavy atom. The lowest BCUT2D eigenvalue weighted by Gasteiger charge is -2.47. The number of likely N-dealkylation sites (N-methyl/N-ethyl adjacent to an activating group) is 2. The van der Waals surface area contributed by atoms with Crippen molar-refractivity contribution in [3.63, 3.8) is 0 Å². The lowest BCUT2D eigenvalue weighted by molar-refractivity contribution is -0.294. The molecule has 10 atom stereocenters. The number of hydrogen-bond donors (Lipinski definition) is 0. The molecule has 1 aromatic rings. The topological polar surface area (TPSA) is 130 Å². The van der Waals surface area contributed by atoms with Crippen LogP contribution < -0.4 is 0 Å². The molecular formula is C37H56N2O10. The van der Waals surface area contributed by atoms with Crippen molar-refractivity contribution in [3.8, 4) is 0 Å². The molecule has 0 aromatic heterocycles. The number of rotatable bonds is 9. The summed E-state index contributed by atoms with van der Waals surface area (Å²) in [5.74, 6) is -4.06. The van der Waals surface area contributed by atoms with Crippen LogP contribution >= 0.6 is 0 Å². The molecule has 1 aromatic carbocycles. The van der Waals surface area contributed by atoms with Gasteiger partial charge in [-0.25, -0.2) is 9.59 Å². The maximum absolute atomic E-state index is 14.1. The van der Waals surface area contributed by atoms with Crippen molar-refractivity contribution in [3.05, 3.63) is 48.0 Å². The molecule has 0 spiro atoms. The van der Waals surface area contributed by atoms with Crippen LogP contribution in [-0.4, -0.2) is 124 Å². The number of carbonyl (C=O) groups excluding carboxylic acids is 4. The number of cyclic esters (lactones) is 1. The monoisotopic (exact) mass is 688 g/mol. The third-order valence-corrected chi connectivity index (χ3v) is 9.59. The van der Waals surface area contributed by atoms with Gasteiger partial charge in [-0.3, -0.25) is 14.5 Å². The molecule has 274 valence electrons. The van der Waals surface area contributed by atoms with E-state index in [-0.39, 0.29) is 37.1 Å². The van der Waals surface area contributed by atoms with E-state index in [0.717, 1.165) is 0 Å². The molecule has 0 bridgehead atoms. The Hall–Kier alpha value is -3.16. The van der Waals surface area contributed by atoms with E-state index < -0.39 is 59.9 Å². The van der Waals surface area contributed by atoms with Crippen LogP contribution in [0.3, 0.4) is 0 Å². The molecule has 0 amide bonds. The van der Waals surface area contributed by atoms with E-state index in [1.54, 1.807) is 51.3 Å². The minimum Gasteiger partial charge on any atom is -0.463 e. The fourth-order valence-electron chi connectivity index (χ4n) is 6.83. The highest BCUT2D eigenvalue weighted by Crippen LogP contribution is 2.37. The zero-order valence-electron chi connectivity index (χ0n) is 30.8. The molecule has 12 heteroatoms. The smallest absolute Gasteiger partial charge is 0.338 e. The van der Waals surface area contributed by atoms with E-state index in [1.807, 2.05) is 50.9 Å². The Kier molecular flexibility index (Phi) is 14.9. The molecule has 3 rings (SSSR count). The van der Waals surface area contributed by atoms with Crippen molar-refractivity contribution in [2.24, 2.45) is 17.8 Å². The van der Waals surface area contributed by atoms with E-state index in [1.165, 1.54) is 13.0 Å². The molecule has 2 aliphatic rings. The molecular weight excluding hydrogens is 632 g/mol. The zero-order valence-corrected chi connectivity index (χ0v) is 30.8. The van der Waals surface area contributed by atoms with Gasteiger partial charge in [0.25, 0.3) is 0 Å². The molecule has 0 aliphatic carbocycles. The first kappa shape index (κ1) is 40.3. The molecule has 2 aliphatic heterocycles. The van der Waals surface area contributed by atoms with E-state index in [0.29, 0.717) is 24.9 Å². The van der Waals surface area contributed by atoms with Crippen molar-refractivity contribution in [2.75, 3.05) is 48.0 Å². The number of carbonyl (C=O) groups is 4. The first-order valence-corrected chi connectivity index (χ1v) is 17.2.